The number of aryl methyl sites for hydroxylation is 1. The number of benzene rings is 1. The molecule has 1 heterocycles. The molecule has 0 amide bonds. The molecule has 0 bridgehead atoms. The van der Waals surface area contributed by atoms with Gasteiger partial charge in [0.2, 0.25) is 0 Å². The zero-order valence-electron chi connectivity index (χ0n) is 7.22. The molecule has 2 rings (SSSR count). The maximum atomic E-state index is 3.19. The van der Waals surface area contributed by atoms with Crippen LogP contribution in [0.25, 0.3) is 10.1 Å². The van der Waals surface area contributed by atoms with E-state index in [2.05, 4.69) is 36.5 Å². The molecule has 1 N–H and O–H groups in total. The normalized spacial score (nSPS) is 10.5. The van der Waals surface area contributed by atoms with Crippen LogP contribution >= 0.6 is 11.3 Å². The molecule has 1 aromatic carbocycles. The highest BCUT2D eigenvalue weighted by Gasteiger charge is 2.01. The Bertz CT molecular complexity index is 403. The van der Waals surface area contributed by atoms with E-state index >= 15 is 0 Å². The van der Waals surface area contributed by atoms with Crippen LogP contribution in [0.3, 0.4) is 0 Å². The fourth-order valence-electron chi connectivity index (χ4n) is 1.41. The Balaban J connectivity index is 2.78. The van der Waals surface area contributed by atoms with Crippen LogP contribution in [0.1, 0.15) is 4.88 Å². The van der Waals surface area contributed by atoms with Crippen LogP contribution in [0, 0.1) is 6.92 Å². The van der Waals surface area contributed by atoms with Crippen molar-refractivity contribution in [2.45, 2.75) is 6.92 Å². The molecular weight excluding hydrogens is 166 g/mol. The Morgan fingerprint density at radius 3 is 2.92 bits per heavy atom. The van der Waals surface area contributed by atoms with Crippen LogP contribution in [0.5, 0.6) is 0 Å². The molecule has 0 atom stereocenters. The van der Waals surface area contributed by atoms with Gasteiger partial charge in [-0.3, -0.25) is 0 Å². The Hall–Kier alpha value is -1.02. The minimum atomic E-state index is 1.22. The summed E-state index contributed by atoms with van der Waals surface area (Å²) in [6.07, 6.45) is 0. The van der Waals surface area contributed by atoms with Crippen LogP contribution < -0.4 is 5.32 Å². The number of hydrogen-bond donors (Lipinski definition) is 1. The van der Waals surface area contributed by atoms with Crippen LogP contribution in [-0.4, -0.2) is 7.05 Å². The fourth-order valence-corrected chi connectivity index (χ4v) is 2.36. The summed E-state index contributed by atoms with van der Waals surface area (Å²) in [5, 5.41) is 4.53. The lowest BCUT2D eigenvalue weighted by molar-refractivity contribution is 1.55. The maximum Gasteiger partial charge on any atom is 0.0425 e. The van der Waals surface area contributed by atoms with E-state index in [1.807, 2.05) is 18.4 Å². The van der Waals surface area contributed by atoms with Crippen molar-refractivity contribution in [1.29, 1.82) is 0 Å². The second kappa shape index (κ2) is 2.79. The highest BCUT2D eigenvalue weighted by molar-refractivity contribution is 7.19. The van der Waals surface area contributed by atoms with Gasteiger partial charge in [0.1, 0.15) is 0 Å². The highest BCUT2D eigenvalue weighted by Crippen LogP contribution is 2.30. The Labute approximate surface area is 76.0 Å². The molecule has 0 radical (unpaired) electrons. The molecule has 0 spiro atoms. The third-order valence-corrected chi connectivity index (χ3v) is 2.97. The lowest BCUT2D eigenvalue weighted by Gasteiger charge is -1.99. The third-order valence-electron chi connectivity index (χ3n) is 1.95. The minimum Gasteiger partial charge on any atom is -0.388 e. The van der Waals surface area contributed by atoms with E-state index in [0.717, 1.165) is 0 Å². The Morgan fingerprint density at radius 1 is 1.33 bits per heavy atom. The van der Waals surface area contributed by atoms with Crippen molar-refractivity contribution in [1.82, 2.24) is 0 Å². The quantitative estimate of drug-likeness (QED) is 0.705. The van der Waals surface area contributed by atoms with Crippen LogP contribution in [0.15, 0.2) is 24.3 Å². The van der Waals surface area contributed by atoms with Crippen molar-refractivity contribution < 1.29 is 0 Å². The average molecular weight is 177 g/mol. The molecular formula is C10H11NS. The summed E-state index contributed by atoms with van der Waals surface area (Å²) in [4.78, 5) is 1.37. The first kappa shape index (κ1) is 7.62. The van der Waals surface area contributed by atoms with Gasteiger partial charge in [-0.15, -0.1) is 11.3 Å². The lowest BCUT2D eigenvalue weighted by atomic mass is 10.2. The number of rotatable bonds is 1. The van der Waals surface area contributed by atoms with Gasteiger partial charge in [0, 0.05) is 27.7 Å². The summed E-state index contributed by atoms with van der Waals surface area (Å²) < 4.78 is 1.36. The lowest BCUT2D eigenvalue weighted by Crippen LogP contribution is -1.86. The topological polar surface area (TPSA) is 12.0 Å². The van der Waals surface area contributed by atoms with Crippen molar-refractivity contribution in [3.8, 4) is 0 Å². The summed E-state index contributed by atoms with van der Waals surface area (Å²) in [5.74, 6) is 0. The molecule has 1 aromatic heterocycles. The number of thiophene rings is 1. The van der Waals surface area contributed by atoms with Crippen molar-refractivity contribution >= 4 is 27.1 Å². The molecule has 2 heteroatoms. The number of fused-ring (bicyclic) bond motifs is 1. The van der Waals surface area contributed by atoms with Gasteiger partial charge >= 0.3 is 0 Å². The number of anilines is 1. The predicted molar refractivity (Wildman–Crippen MR) is 56.1 cm³/mol. The van der Waals surface area contributed by atoms with Crippen molar-refractivity contribution in [2.75, 3.05) is 12.4 Å². The largest absolute Gasteiger partial charge is 0.388 e. The van der Waals surface area contributed by atoms with Crippen LogP contribution in [0.2, 0.25) is 0 Å². The second-order valence-corrected chi connectivity index (χ2v) is 4.11. The molecule has 0 fully saturated rings. The molecule has 0 saturated heterocycles. The standard InChI is InChI=1S/C10H11NS/c1-7-6-8-9(11-2)4-3-5-10(8)12-7/h3-6,11H,1-2H3. The molecule has 1 nitrogen and oxygen atoms in total. The van der Waals surface area contributed by atoms with Crippen molar-refractivity contribution in [3.05, 3.63) is 29.1 Å². The Morgan fingerprint density at radius 2 is 2.17 bits per heavy atom. The molecule has 0 aliphatic rings. The van der Waals surface area contributed by atoms with Gasteiger partial charge < -0.3 is 5.32 Å². The second-order valence-electron chi connectivity index (χ2n) is 2.82. The molecule has 2 aromatic rings. The average Bonchev–Trinajstić information content (AvgIpc) is 2.44. The smallest absolute Gasteiger partial charge is 0.0425 e. The van der Waals surface area contributed by atoms with Crippen molar-refractivity contribution in [2.24, 2.45) is 0 Å². The molecule has 0 unspecified atom stereocenters. The third kappa shape index (κ3) is 1.08. The summed E-state index contributed by atoms with van der Waals surface area (Å²) in [6.45, 7) is 2.14. The van der Waals surface area contributed by atoms with E-state index in [-0.39, 0.29) is 0 Å². The van der Waals surface area contributed by atoms with Crippen LogP contribution in [-0.2, 0) is 0 Å². The first-order valence-corrected chi connectivity index (χ1v) is 4.80. The monoisotopic (exact) mass is 177 g/mol. The van der Waals surface area contributed by atoms with E-state index < -0.39 is 0 Å². The van der Waals surface area contributed by atoms with E-state index in [1.54, 1.807) is 0 Å². The predicted octanol–water partition coefficient (Wildman–Crippen LogP) is 3.25. The highest BCUT2D eigenvalue weighted by atomic mass is 32.1. The molecule has 62 valence electrons. The first-order chi connectivity index (χ1) is 5.81. The Kier molecular flexibility index (Phi) is 1.77. The zero-order chi connectivity index (χ0) is 8.55. The molecule has 0 aliphatic heterocycles. The van der Waals surface area contributed by atoms with Gasteiger partial charge in [-0.25, -0.2) is 0 Å². The van der Waals surface area contributed by atoms with Crippen LogP contribution in [0.4, 0.5) is 5.69 Å². The van der Waals surface area contributed by atoms with E-state index in [1.165, 1.54) is 20.7 Å². The fraction of sp³-hybridized carbons (Fsp3) is 0.200. The molecule has 12 heavy (non-hydrogen) atoms. The SMILES string of the molecule is CNc1cccc2sc(C)cc12. The minimum absolute atomic E-state index is 1.22. The van der Waals surface area contributed by atoms with Gasteiger partial charge in [-0.05, 0) is 25.1 Å². The maximum absolute atomic E-state index is 3.19. The molecule has 0 saturated carbocycles. The van der Waals surface area contributed by atoms with Gasteiger partial charge in [0.05, 0.1) is 0 Å². The van der Waals surface area contributed by atoms with Gasteiger partial charge in [-0.1, -0.05) is 6.07 Å². The van der Waals surface area contributed by atoms with Crippen molar-refractivity contribution in [3.63, 3.8) is 0 Å². The summed E-state index contributed by atoms with van der Waals surface area (Å²) in [6, 6.07) is 8.58. The summed E-state index contributed by atoms with van der Waals surface area (Å²) >= 11 is 1.84. The first-order valence-electron chi connectivity index (χ1n) is 3.98. The number of nitrogens with one attached hydrogen (secondary N) is 1. The summed E-state index contributed by atoms with van der Waals surface area (Å²) in [5.41, 5.74) is 1.22. The van der Waals surface area contributed by atoms with E-state index in [0.29, 0.717) is 0 Å². The van der Waals surface area contributed by atoms with Gasteiger partial charge in [0.15, 0.2) is 0 Å². The zero-order valence-corrected chi connectivity index (χ0v) is 8.03. The molecule has 0 aliphatic carbocycles. The number of hydrogen-bond acceptors (Lipinski definition) is 2. The van der Waals surface area contributed by atoms with Gasteiger partial charge in [-0.2, -0.15) is 0 Å². The van der Waals surface area contributed by atoms with E-state index in [4.69, 9.17) is 0 Å². The van der Waals surface area contributed by atoms with Gasteiger partial charge in [0.25, 0.3) is 0 Å². The summed E-state index contributed by atoms with van der Waals surface area (Å²) in [7, 11) is 1.96. The van der Waals surface area contributed by atoms with E-state index in [9.17, 15) is 0 Å².